The van der Waals surface area contributed by atoms with E-state index < -0.39 is 0 Å². The Bertz CT molecular complexity index is 1100. The van der Waals surface area contributed by atoms with Gasteiger partial charge in [-0.2, -0.15) is 0 Å². The van der Waals surface area contributed by atoms with Crippen LogP contribution in [-0.2, 0) is 13.0 Å². The van der Waals surface area contributed by atoms with Crippen LogP contribution in [0.2, 0.25) is 0 Å². The summed E-state index contributed by atoms with van der Waals surface area (Å²) >= 11 is 0. The molecule has 30 heavy (non-hydrogen) atoms. The molecule has 7 heteroatoms. The summed E-state index contributed by atoms with van der Waals surface area (Å²) in [4.78, 5) is 14.0. The summed E-state index contributed by atoms with van der Waals surface area (Å²) in [5.74, 6) is 1.78. The van der Waals surface area contributed by atoms with Crippen molar-refractivity contribution in [3.63, 3.8) is 0 Å². The molecule has 5 rings (SSSR count). The van der Waals surface area contributed by atoms with E-state index in [2.05, 4.69) is 15.1 Å². The smallest absolute Gasteiger partial charge is 0.188 e. The number of nitrogens with one attached hydrogen (secondary N) is 1. The fraction of sp³-hybridized carbons (Fsp3) is 0.391. The van der Waals surface area contributed by atoms with Gasteiger partial charge in [0.25, 0.3) is 0 Å². The van der Waals surface area contributed by atoms with Crippen molar-refractivity contribution in [3.8, 4) is 5.75 Å². The Hall–Kier alpha value is -2.93. The number of ether oxygens (including phenoxy) is 1. The highest BCUT2D eigenvalue weighted by Crippen LogP contribution is 2.39. The number of methoxy groups -OCH3 is 1. The van der Waals surface area contributed by atoms with E-state index >= 15 is 4.39 Å². The highest BCUT2D eigenvalue weighted by atomic mass is 19.1. The summed E-state index contributed by atoms with van der Waals surface area (Å²) in [6.07, 6.45) is 0.792. The maximum absolute atomic E-state index is 15.4. The molecular weight excluding hydrogens is 381 g/mol. The lowest BCUT2D eigenvalue weighted by Crippen LogP contribution is -2.45. The third-order valence-electron chi connectivity index (χ3n) is 6.03. The van der Waals surface area contributed by atoms with E-state index in [0.29, 0.717) is 18.8 Å². The van der Waals surface area contributed by atoms with Crippen LogP contribution in [0.1, 0.15) is 17.1 Å². The monoisotopic (exact) mass is 407 g/mol. The zero-order chi connectivity index (χ0) is 20.7. The minimum Gasteiger partial charge on any atom is -0.494 e. The predicted molar refractivity (Wildman–Crippen MR) is 117 cm³/mol. The Morgan fingerprint density at radius 2 is 1.87 bits per heavy atom. The van der Waals surface area contributed by atoms with Crippen molar-refractivity contribution in [3.05, 3.63) is 53.2 Å². The van der Waals surface area contributed by atoms with Crippen molar-refractivity contribution in [1.82, 2.24) is 15.3 Å². The molecule has 1 fully saturated rings. The normalized spacial score (nSPS) is 16.6. The summed E-state index contributed by atoms with van der Waals surface area (Å²) in [7, 11) is 1.51. The molecule has 0 radical (unpaired) electrons. The first-order valence-electron chi connectivity index (χ1n) is 10.5. The Morgan fingerprint density at radius 1 is 1.07 bits per heavy atom. The van der Waals surface area contributed by atoms with Crippen LogP contribution in [0.25, 0.3) is 10.8 Å². The van der Waals surface area contributed by atoms with Gasteiger partial charge in [0.05, 0.1) is 25.0 Å². The van der Waals surface area contributed by atoms with Gasteiger partial charge < -0.3 is 19.9 Å². The zero-order valence-corrected chi connectivity index (χ0v) is 17.4. The standard InChI is InChI=1S/C23H26FN5O/c1-15-26-19-14-29(10-7-18(19)23(27-15)28-11-8-25-9-12-28)22-17-6-4-3-5-16(17)13-20(30-2)21(22)24/h3-6,13,25H,7-12,14H2,1-2H3. The van der Waals surface area contributed by atoms with Gasteiger partial charge in [-0.15, -0.1) is 0 Å². The highest BCUT2D eigenvalue weighted by Gasteiger charge is 2.28. The maximum atomic E-state index is 15.4. The van der Waals surface area contributed by atoms with Crippen molar-refractivity contribution in [1.29, 1.82) is 0 Å². The van der Waals surface area contributed by atoms with Crippen molar-refractivity contribution in [2.24, 2.45) is 0 Å². The van der Waals surface area contributed by atoms with Gasteiger partial charge >= 0.3 is 0 Å². The lowest BCUT2D eigenvalue weighted by atomic mass is 10.0. The minimum atomic E-state index is -0.312. The van der Waals surface area contributed by atoms with Gasteiger partial charge in [-0.05, 0) is 24.8 Å². The average molecular weight is 407 g/mol. The van der Waals surface area contributed by atoms with Crippen LogP contribution in [0.4, 0.5) is 15.9 Å². The number of aryl methyl sites for hydroxylation is 1. The molecule has 1 saturated heterocycles. The quantitative estimate of drug-likeness (QED) is 0.720. The number of hydrogen-bond acceptors (Lipinski definition) is 6. The molecule has 3 aromatic rings. The van der Waals surface area contributed by atoms with Crippen LogP contribution >= 0.6 is 0 Å². The molecular formula is C23H26FN5O. The van der Waals surface area contributed by atoms with Gasteiger partial charge in [-0.1, -0.05) is 24.3 Å². The lowest BCUT2D eigenvalue weighted by Gasteiger charge is -2.35. The Labute approximate surface area is 175 Å². The van der Waals surface area contributed by atoms with Crippen molar-refractivity contribution in [2.75, 3.05) is 49.6 Å². The van der Waals surface area contributed by atoms with E-state index in [-0.39, 0.29) is 11.6 Å². The number of piperazine rings is 1. The second-order valence-electron chi connectivity index (χ2n) is 7.89. The van der Waals surface area contributed by atoms with Crippen LogP contribution in [0, 0.1) is 12.7 Å². The average Bonchev–Trinajstić information content (AvgIpc) is 2.78. The Balaban J connectivity index is 1.57. The molecule has 0 atom stereocenters. The summed E-state index contributed by atoms with van der Waals surface area (Å²) in [5, 5.41) is 5.26. The van der Waals surface area contributed by atoms with Gasteiger partial charge in [0.2, 0.25) is 0 Å². The van der Waals surface area contributed by atoms with Crippen molar-refractivity contribution >= 4 is 22.3 Å². The summed E-state index contributed by atoms with van der Waals surface area (Å²) in [6, 6.07) is 9.64. The second kappa shape index (κ2) is 7.72. The Morgan fingerprint density at radius 3 is 2.67 bits per heavy atom. The van der Waals surface area contributed by atoms with E-state index in [1.165, 1.54) is 12.7 Å². The number of aromatic nitrogens is 2. The molecule has 0 bridgehead atoms. The molecule has 0 spiro atoms. The van der Waals surface area contributed by atoms with Crippen LogP contribution in [-0.4, -0.2) is 49.8 Å². The molecule has 0 unspecified atom stereocenters. The molecule has 2 aromatic carbocycles. The number of nitrogens with zero attached hydrogens (tertiary/aromatic N) is 4. The molecule has 0 amide bonds. The Kier molecular flexibility index (Phi) is 4.90. The SMILES string of the molecule is COc1cc2ccccc2c(N2CCc3c(nc(C)nc3N3CCNCC3)C2)c1F. The maximum Gasteiger partial charge on any atom is 0.188 e. The van der Waals surface area contributed by atoms with Gasteiger partial charge in [0, 0.05) is 43.7 Å². The number of halogens is 1. The van der Waals surface area contributed by atoms with Crippen LogP contribution in [0.15, 0.2) is 30.3 Å². The summed E-state index contributed by atoms with van der Waals surface area (Å²) < 4.78 is 20.7. The molecule has 3 heterocycles. The predicted octanol–water partition coefficient (Wildman–Crippen LogP) is 3.06. The van der Waals surface area contributed by atoms with E-state index in [9.17, 15) is 0 Å². The number of hydrogen-bond donors (Lipinski definition) is 1. The third-order valence-corrected chi connectivity index (χ3v) is 6.03. The largest absolute Gasteiger partial charge is 0.494 e. The fourth-order valence-electron chi connectivity index (χ4n) is 4.60. The summed E-state index contributed by atoms with van der Waals surface area (Å²) in [6.45, 7) is 7.03. The molecule has 156 valence electrons. The van der Waals surface area contributed by atoms with Crippen LogP contribution in [0.5, 0.6) is 5.75 Å². The van der Waals surface area contributed by atoms with Crippen LogP contribution in [0.3, 0.4) is 0 Å². The molecule has 1 aromatic heterocycles. The van der Waals surface area contributed by atoms with Crippen LogP contribution < -0.4 is 19.9 Å². The third kappa shape index (κ3) is 3.23. The first kappa shape index (κ1) is 19.1. The summed E-state index contributed by atoms with van der Waals surface area (Å²) in [5.41, 5.74) is 2.79. The molecule has 2 aliphatic heterocycles. The van der Waals surface area contributed by atoms with Gasteiger partial charge in [-0.25, -0.2) is 14.4 Å². The number of anilines is 2. The number of benzene rings is 2. The highest BCUT2D eigenvalue weighted by molar-refractivity contribution is 5.96. The number of fused-ring (bicyclic) bond motifs is 2. The first-order chi connectivity index (χ1) is 14.7. The second-order valence-corrected chi connectivity index (χ2v) is 7.89. The minimum absolute atomic E-state index is 0.273. The topological polar surface area (TPSA) is 53.5 Å². The van der Waals surface area contributed by atoms with E-state index in [0.717, 1.165) is 60.7 Å². The molecule has 2 aliphatic rings. The fourth-order valence-corrected chi connectivity index (χ4v) is 4.60. The first-order valence-corrected chi connectivity index (χ1v) is 10.5. The van der Waals surface area contributed by atoms with Gasteiger partial charge in [0.1, 0.15) is 11.6 Å². The van der Waals surface area contributed by atoms with E-state index in [4.69, 9.17) is 14.7 Å². The van der Waals surface area contributed by atoms with Crippen molar-refractivity contribution in [2.45, 2.75) is 19.9 Å². The molecule has 1 N–H and O–H groups in total. The van der Waals surface area contributed by atoms with Gasteiger partial charge in [0.15, 0.2) is 11.6 Å². The zero-order valence-electron chi connectivity index (χ0n) is 17.4. The number of rotatable bonds is 3. The van der Waals surface area contributed by atoms with Gasteiger partial charge in [-0.3, -0.25) is 0 Å². The molecule has 0 aliphatic carbocycles. The van der Waals surface area contributed by atoms with E-state index in [1.54, 1.807) is 6.07 Å². The van der Waals surface area contributed by atoms with Crippen molar-refractivity contribution < 1.29 is 9.13 Å². The lowest BCUT2D eigenvalue weighted by molar-refractivity contribution is 0.387. The molecule has 0 saturated carbocycles. The molecule has 6 nitrogen and oxygen atoms in total. The van der Waals surface area contributed by atoms with E-state index in [1.807, 2.05) is 31.2 Å².